The van der Waals surface area contributed by atoms with Gasteiger partial charge in [0.05, 0.1) is 0 Å². The van der Waals surface area contributed by atoms with Crippen molar-refractivity contribution in [1.29, 1.82) is 0 Å². The van der Waals surface area contributed by atoms with Crippen LogP contribution in [0.5, 0.6) is 5.75 Å². The number of hydrogen-bond acceptors (Lipinski definition) is 3. The number of nitrogens with two attached hydrogens (primary N) is 1. The zero-order chi connectivity index (χ0) is 23.3. The van der Waals surface area contributed by atoms with E-state index in [2.05, 4.69) is 68.3 Å². The molecule has 1 unspecified atom stereocenters. The van der Waals surface area contributed by atoms with Gasteiger partial charge in [0.15, 0.2) is 0 Å². The molecule has 4 nitrogen and oxygen atoms in total. The Morgan fingerprint density at radius 3 is 2.52 bits per heavy atom. The third-order valence-electron chi connectivity index (χ3n) is 7.86. The molecule has 1 saturated heterocycles. The minimum Gasteiger partial charge on any atom is -0.492 e. The summed E-state index contributed by atoms with van der Waals surface area (Å²) in [6.45, 7) is 8.27. The summed E-state index contributed by atoms with van der Waals surface area (Å²) in [7, 11) is 2.12. The van der Waals surface area contributed by atoms with E-state index in [4.69, 9.17) is 10.5 Å². The van der Waals surface area contributed by atoms with Gasteiger partial charge in [-0.2, -0.15) is 0 Å². The number of amides is 1. The number of benzene rings is 3. The molecular formula is C29H34N2O2. The highest BCUT2D eigenvalue weighted by Crippen LogP contribution is 2.57. The highest BCUT2D eigenvalue weighted by molar-refractivity contribution is 5.96. The lowest BCUT2D eigenvalue weighted by atomic mass is 9.80. The number of hydrogen-bond donors (Lipinski definition) is 1. The topological polar surface area (TPSA) is 55.6 Å². The predicted molar refractivity (Wildman–Crippen MR) is 134 cm³/mol. The molecule has 1 heterocycles. The van der Waals surface area contributed by atoms with E-state index in [0.29, 0.717) is 24.1 Å². The fourth-order valence-electron chi connectivity index (χ4n) is 5.37. The van der Waals surface area contributed by atoms with Gasteiger partial charge < -0.3 is 10.5 Å². The number of rotatable bonds is 7. The first-order valence-electron chi connectivity index (χ1n) is 12.1. The molecule has 0 radical (unpaired) electrons. The molecule has 172 valence electrons. The van der Waals surface area contributed by atoms with Crippen molar-refractivity contribution in [3.05, 3.63) is 76.3 Å². The van der Waals surface area contributed by atoms with Crippen LogP contribution in [-0.4, -0.2) is 37.0 Å². The Kier molecular flexibility index (Phi) is 5.44. The molecule has 3 aromatic carbocycles. The molecule has 1 amide bonds. The second kappa shape index (κ2) is 8.18. The minimum absolute atomic E-state index is 0.106. The van der Waals surface area contributed by atoms with E-state index in [9.17, 15) is 4.79 Å². The largest absolute Gasteiger partial charge is 0.492 e. The highest BCUT2D eigenvalue weighted by atomic mass is 16.5. The van der Waals surface area contributed by atoms with Crippen LogP contribution in [0.2, 0.25) is 0 Å². The van der Waals surface area contributed by atoms with Crippen LogP contribution in [-0.2, 0) is 5.41 Å². The molecule has 2 fully saturated rings. The summed E-state index contributed by atoms with van der Waals surface area (Å²) in [6.07, 6.45) is 3.27. The van der Waals surface area contributed by atoms with Crippen molar-refractivity contribution in [2.75, 3.05) is 20.2 Å². The maximum absolute atomic E-state index is 12.4. The average molecular weight is 443 g/mol. The highest BCUT2D eigenvalue weighted by Gasteiger charge is 2.48. The second-order valence-corrected chi connectivity index (χ2v) is 10.3. The fourth-order valence-corrected chi connectivity index (χ4v) is 5.37. The van der Waals surface area contributed by atoms with Gasteiger partial charge in [-0.05, 0) is 90.9 Å². The number of carbonyl (C=O) groups is 1. The Bertz CT molecular complexity index is 1230. The molecule has 2 N–H and O–H groups in total. The van der Waals surface area contributed by atoms with Crippen molar-refractivity contribution in [1.82, 2.24) is 4.90 Å². The summed E-state index contributed by atoms with van der Waals surface area (Å²) in [5.74, 6) is 0.803. The Labute approximate surface area is 196 Å². The molecule has 0 aromatic heterocycles. The van der Waals surface area contributed by atoms with E-state index in [-0.39, 0.29) is 5.41 Å². The van der Waals surface area contributed by atoms with Crippen molar-refractivity contribution in [3.63, 3.8) is 0 Å². The molecule has 0 bridgehead atoms. The van der Waals surface area contributed by atoms with Crippen LogP contribution in [0.15, 0.2) is 48.5 Å². The number of carbonyl (C=O) groups excluding carboxylic acids is 1. The summed E-state index contributed by atoms with van der Waals surface area (Å²) in [5, 5.41) is 2.57. The molecular weight excluding hydrogens is 408 g/mol. The van der Waals surface area contributed by atoms with E-state index in [1.54, 1.807) is 0 Å². The van der Waals surface area contributed by atoms with Crippen LogP contribution >= 0.6 is 0 Å². The maximum atomic E-state index is 12.4. The summed E-state index contributed by atoms with van der Waals surface area (Å²) < 4.78 is 6.23. The first-order chi connectivity index (χ1) is 15.8. The van der Waals surface area contributed by atoms with Crippen molar-refractivity contribution in [2.24, 2.45) is 5.73 Å². The molecule has 4 heteroatoms. The molecule has 5 rings (SSSR count). The molecule has 1 saturated carbocycles. The second-order valence-electron chi connectivity index (χ2n) is 10.3. The third-order valence-corrected chi connectivity index (χ3v) is 7.86. The van der Waals surface area contributed by atoms with Crippen LogP contribution in [0, 0.1) is 6.92 Å². The van der Waals surface area contributed by atoms with Crippen LogP contribution in [0.25, 0.3) is 10.8 Å². The van der Waals surface area contributed by atoms with Crippen molar-refractivity contribution in [3.8, 4) is 5.75 Å². The lowest BCUT2D eigenvalue weighted by Crippen LogP contribution is -2.48. The van der Waals surface area contributed by atoms with Gasteiger partial charge in [0, 0.05) is 17.0 Å². The number of primary amides is 1. The Balaban J connectivity index is 1.63. The van der Waals surface area contributed by atoms with E-state index >= 15 is 0 Å². The summed E-state index contributed by atoms with van der Waals surface area (Å²) >= 11 is 0. The van der Waals surface area contributed by atoms with Gasteiger partial charge in [-0.3, -0.25) is 9.69 Å². The van der Waals surface area contributed by atoms with Gasteiger partial charge in [-0.25, -0.2) is 0 Å². The quantitative estimate of drug-likeness (QED) is 0.523. The average Bonchev–Trinajstić information content (AvgIpc) is 3.59. The van der Waals surface area contributed by atoms with E-state index in [1.165, 1.54) is 27.5 Å². The zero-order valence-corrected chi connectivity index (χ0v) is 20.2. The molecule has 0 spiro atoms. The monoisotopic (exact) mass is 442 g/mol. The summed E-state index contributed by atoms with van der Waals surface area (Å²) in [5.41, 5.74) is 11.2. The number of likely N-dealkylation sites (tertiary alicyclic amines) is 1. The molecule has 2 aliphatic rings. The van der Waals surface area contributed by atoms with Crippen molar-refractivity contribution in [2.45, 2.75) is 57.4 Å². The van der Waals surface area contributed by atoms with Crippen molar-refractivity contribution < 1.29 is 9.53 Å². The maximum Gasteiger partial charge on any atom is 0.249 e. The lowest BCUT2D eigenvalue weighted by Gasteiger charge is -2.37. The summed E-state index contributed by atoms with van der Waals surface area (Å²) in [4.78, 5) is 14.7. The summed E-state index contributed by atoms with van der Waals surface area (Å²) in [6, 6.07) is 17.8. The Morgan fingerprint density at radius 1 is 1.15 bits per heavy atom. The van der Waals surface area contributed by atoms with Gasteiger partial charge in [-0.1, -0.05) is 50.2 Å². The van der Waals surface area contributed by atoms with E-state index in [0.717, 1.165) is 37.1 Å². The fraction of sp³-hybridized carbons (Fsp3) is 0.414. The van der Waals surface area contributed by atoms with Crippen LogP contribution in [0.3, 0.4) is 0 Å². The van der Waals surface area contributed by atoms with Gasteiger partial charge in [0.1, 0.15) is 12.4 Å². The van der Waals surface area contributed by atoms with Gasteiger partial charge in [-0.15, -0.1) is 0 Å². The zero-order valence-electron chi connectivity index (χ0n) is 20.2. The normalized spacial score (nSPS) is 19.5. The predicted octanol–water partition coefficient (Wildman–Crippen LogP) is 5.53. The number of nitrogens with zero attached hydrogens (tertiary/aromatic N) is 1. The van der Waals surface area contributed by atoms with E-state index in [1.807, 2.05) is 13.0 Å². The van der Waals surface area contributed by atoms with Crippen LogP contribution in [0.4, 0.5) is 0 Å². The van der Waals surface area contributed by atoms with Gasteiger partial charge in [0.25, 0.3) is 0 Å². The van der Waals surface area contributed by atoms with Crippen LogP contribution in [0.1, 0.15) is 71.6 Å². The van der Waals surface area contributed by atoms with E-state index < -0.39 is 5.91 Å². The Morgan fingerprint density at radius 2 is 1.91 bits per heavy atom. The standard InChI is InChI=1S/C29H34N2O2/c1-18(2)21-13-20-7-5-6-8-24(20)27(14-21)29(10-11-29)26-16-23(15-25(19(26)3)28(30)32)33-17-22-9-12-31(22)4/h5-8,13-16,18,22H,9-12,17H2,1-4H3,(H2,30,32). The molecule has 1 aliphatic heterocycles. The molecule has 1 aliphatic carbocycles. The number of likely N-dealkylation sites (N-methyl/N-ethyl adjacent to an activating group) is 1. The Hall–Kier alpha value is -2.85. The molecule has 3 aromatic rings. The molecule has 1 atom stereocenters. The lowest BCUT2D eigenvalue weighted by molar-refractivity contribution is 0.0767. The van der Waals surface area contributed by atoms with Crippen molar-refractivity contribution >= 4 is 16.7 Å². The van der Waals surface area contributed by atoms with Gasteiger partial charge in [0.2, 0.25) is 5.91 Å². The first kappa shape index (κ1) is 22.0. The smallest absolute Gasteiger partial charge is 0.249 e. The number of fused-ring (bicyclic) bond motifs is 1. The van der Waals surface area contributed by atoms with Crippen LogP contribution < -0.4 is 10.5 Å². The molecule has 33 heavy (non-hydrogen) atoms. The first-order valence-corrected chi connectivity index (χ1v) is 12.1. The third kappa shape index (κ3) is 3.80. The minimum atomic E-state index is -0.392. The number of ether oxygens (including phenoxy) is 1. The SMILES string of the molecule is Cc1c(C(N)=O)cc(OCC2CCN2C)cc1C1(c2cc(C(C)C)cc3ccccc23)CC1. The van der Waals surface area contributed by atoms with Gasteiger partial charge >= 0.3 is 0 Å².